The predicted octanol–water partition coefficient (Wildman–Crippen LogP) is 10.7. The topological polar surface area (TPSA) is 288 Å². The quantitative estimate of drug-likeness (QED) is 0.0391. The van der Waals surface area contributed by atoms with Gasteiger partial charge in [-0.25, -0.2) is 0 Å². The van der Waals surface area contributed by atoms with Crippen LogP contribution in [0.3, 0.4) is 0 Å². The molecule has 0 aromatic heterocycles. The number of rotatable bonds is 9. The molecule has 0 bridgehead atoms. The van der Waals surface area contributed by atoms with Gasteiger partial charge in [0.25, 0.3) is 10.1 Å². The van der Waals surface area contributed by atoms with Crippen molar-refractivity contribution in [2.45, 2.75) is 23.6 Å². The summed E-state index contributed by atoms with van der Waals surface area (Å²) in [4.78, 5) is -1.47. The first kappa shape index (κ1) is 37.5. The summed E-state index contributed by atoms with van der Waals surface area (Å²) < 4.78 is 65.7. The zero-order valence-corrected chi connectivity index (χ0v) is 30.2. The van der Waals surface area contributed by atoms with Crippen molar-refractivity contribution >= 4 is 82.9 Å². The van der Waals surface area contributed by atoms with Crippen molar-refractivity contribution in [1.82, 2.24) is 0 Å². The number of aromatic hydroxyl groups is 1. The Kier molecular flexibility index (Phi) is 10.1. The van der Waals surface area contributed by atoms with Crippen molar-refractivity contribution in [3.05, 3.63) is 108 Å². The number of phenolic OH excluding ortho intramolecular Hbond substituents is 1. The number of phenols is 1. The fraction of sp³-hybridized carbons (Fsp3) is 0.0556. The highest BCUT2D eigenvalue weighted by Crippen LogP contribution is 2.55. The number of benzene rings is 6. The second-order valence-corrected chi connectivity index (χ2v) is 14.9. The van der Waals surface area contributed by atoms with E-state index in [4.69, 9.17) is 17.2 Å². The molecule has 0 heterocycles. The molecule has 16 nitrogen and oxygen atoms in total. The molecular formula is C36H33N9O7S2. The van der Waals surface area contributed by atoms with Gasteiger partial charge >= 0.3 is 0 Å². The van der Waals surface area contributed by atoms with Gasteiger partial charge in [-0.15, -0.1) is 15.3 Å². The molecule has 0 aliphatic heterocycles. The average Bonchev–Trinajstić information content (AvgIpc) is 3.10. The Hall–Kier alpha value is -6.28. The van der Waals surface area contributed by atoms with Crippen molar-refractivity contribution < 1.29 is 31.7 Å². The molecule has 0 saturated carbocycles. The van der Waals surface area contributed by atoms with Gasteiger partial charge in [-0.1, -0.05) is 30.3 Å². The Morgan fingerprint density at radius 1 is 0.574 bits per heavy atom. The number of hydrogen-bond acceptors (Lipinski definition) is 15. The number of aryl methyl sites for hydroxylation is 2. The van der Waals surface area contributed by atoms with Gasteiger partial charge in [0, 0.05) is 5.69 Å². The average molecular weight is 768 g/mol. The van der Waals surface area contributed by atoms with E-state index in [2.05, 4.69) is 30.7 Å². The second kappa shape index (κ2) is 14.6. The lowest BCUT2D eigenvalue weighted by molar-refractivity contribution is 0.376. The van der Waals surface area contributed by atoms with Crippen LogP contribution in [0.1, 0.15) is 11.1 Å². The third-order valence-corrected chi connectivity index (χ3v) is 9.98. The maximum absolute atomic E-state index is 12.3. The molecular weight excluding hydrogens is 735 g/mol. The lowest BCUT2D eigenvalue weighted by Gasteiger charge is -2.23. The third kappa shape index (κ3) is 7.88. The SMILES string of the molecule is Cc1cc(-c2ccc(N=Nc3c(S(O)(O)O)cc4cc(S(=O)(=O)O)c(N=Nc5ccccc5)c(O)c4c3N)c(C)c2)ccc1N=Nc1ccc(N)cc1N. The number of nitrogens with zero attached hydrogens (tertiary/aromatic N) is 6. The van der Waals surface area contributed by atoms with Gasteiger partial charge in [0.05, 0.1) is 38.7 Å². The van der Waals surface area contributed by atoms with E-state index in [0.29, 0.717) is 39.7 Å². The van der Waals surface area contributed by atoms with Crippen LogP contribution in [0, 0.1) is 13.8 Å². The standard InChI is InChI=1S/C36H33N9O7S2/c1-19-14-21(8-11-27(19)41-43-29-13-10-24(37)18-26(29)38)22-9-12-28(20(2)15-22)42-44-34-30(53(47,48)49)16-23-17-31(54(50,51)52)35(36(46)32(23)33(34)39)45-40-25-6-4-3-5-7-25/h3-18,46-49H,37-39H2,1-2H3,(H,50,51,52). The molecule has 0 aliphatic carbocycles. The molecule has 54 heavy (non-hydrogen) atoms. The monoisotopic (exact) mass is 767 g/mol. The van der Waals surface area contributed by atoms with E-state index in [1.54, 1.807) is 67.6 Å². The molecule has 0 unspecified atom stereocenters. The normalized spacial score (nSPS) is 12.8. The number of nitrogens with two attached hydrogens (primary N) is 3. The molecule has 0 radical (unpaired) electrons. The fourth-order valence-electron chi connectivity index (χ4n) is 5.49. The van der Waals surface area contributed by atoms with Crippen molar-refractivity contribution in [3.63, 3.8) is 0 Å². The number of azo groups is 3. The Bertz CT molecular complexity index is 2650. The lowest BCUT2D eigenvalue weighted by atomic mass is 10.0. The zero-order chi connectivity index (χ0) is 38.9. The van der Waals surface area contributed by atoms with Crippen LogP contribution in [0.5, 0.6) is 5.75 Å². The molecule has 6 rings (SSSR count). The van der Waals surface area contributed by atoms with Gasteiger partial charge in [-0.05, 0) is 108 Å². The summed E-state index contributed by atoms with van der Waals surface area (Å²) in [6.45, 7) is 3.68. The molecule has 6 aromatic rings. The van der Waals surface area contributed by atoms with Gasteiger partial charge in [-0.3, -0.25) is 4.55 Å². The van der Waals surface area contributed by atoms with Crippen molar-refractivity contribution in [1.29, 1.82) is 0 Å². The number of nitrogen functional groups attached to an aromatic ring is 3. The summed E-state index contributed by atoms with van der Waals surface area (Å²) >= 11 is 0. The van der Waals surface area contributed by atoms with E-state index in [1.807, 2.05) is 31.2 Å². The summed E-state index contributed by atoms with van der Waals surface area (Å²) in [6.07, 6.45) is 0. The third-order valence-electron chi connectivity index (χ3n) is 8.21. The highest BCUT2D eigenvalue weighted by molar-refractivity contribution is 8.19. The number of anilines is 3. The van der Waals surface area contributed by atoms with Gasteiger partial charge < -0.3 is 36.0 Å². The lowest BCUT2D eigenvalue weighted by Crippen LogP contribution is -2.02. The van der Waals surface area contributed by atoms with E-state index in [-0.39, 0.29) is 10.8 Å². The molecule has 276 valence electrons. The van der Waals surface area contributed by atoms with Crippen LogP contribution in [0.25, 0.3) is 21.9 Å². The van der Waals surface area contributed by atoms with Crippen LogP contribution >= 0.6 is 10.9 Å². The van der Waals surface area contributed by atoms with Crippen LogP contribution in [-0.2, 0) is 10.1 Å². The Labute approximate surface area is 310 Å². The molecule has 18 heteroatoms. The van der Waals surface area contributed by atoms with Crippen LogP contribution in [-0.4, -0.2) is 31.7 Å². The summed E-state index contributed by atoms with van der Waals surface area (Å²) in [7, 11) is -9.56. The van der Waals surface area contributed by atoms with Crippen LogP contribution in [0.4, 0.5) is 51.2 Å². The maximum Gasteiger partial charge on any atom is 0.296 e. The van der Waals surface area contributed by atoms with E-state index < -0.39 is 53.6 Å². The molecule has 11 N–H and O–H groups in total. The predicted molar refractivity (Wildman–Crippen MR) is 209 cm³/mol. The minimum Gasteiger partial charge on any atom is -0.505 e. The first-order chi connectivity index (χ1) is 25.5. The van der Waals surface area contributed by atoms with Crippen LogP contribution < -0.4 is 17.2 Å². The fourth-order valence-corrected chi connectivity index (χ4v) is 6.84. The van der Waals surface area contributed by atoms with Gasteiger partial charge in [0.1, 0.15) is 32.8 Å². The van der Waals surface area contributed by atoms with Gasteiger partial charge in [-0.2, -0.15) is 23.8 Å². The highest BCUT2D eigenvalue weighted by atomic mass is 32.3. The molecule has 0 amide bonds. The number of fused-ring (bicyclic) bond motifs is 1. The molecule has 0 aliphatic rings. The molecule has 0 atom stereocenters. The van der Waals surface area contributed by atoms with Gasteiger partial charge in [0.2, 0.25) is 0 Å². The molecule has 0 spiro atoms. The zero-order valence-electron chi connectivity index (χ0n) is 28.5. The maximum atomic E-state index is 12.3. The van der Waals surface area contributed by atoms with Gasteiger partial charge in [0.15, 0.2) is 5.75 Å². The first-order valence-electron chi connectivity index (χ1n) is 15.8. The Morgan fingerprint density at radius 3 is 1.67 bits per heavy atom. The summed E-state index contributed by atoms with van der Waals surface area (Å²) in [5, 5.41) is 35.7. The molecule has 0 saturated heterocycles. The van der Waals surface area contributed by atoms with E-state index in [1.165, 1.54) is 0 Å². The first-order valence-corrected chi connectivity index (χ1v) is 18.7. The smallest absolute Gasteiger partial charge is 0.296 e. The van der Waals surface area contributed by atoms with Crippen LogP contribution in [0.15, 0.2) is 138 Å². The van der Waals surface area contributed by atoms with E-state index in [9.17, 15) is 31.7 Å². The largest absolute Gasteiger partial charge is 0.505 e. The van der Waals surface area contributed by atoms with Crippen molar-refractivity contribution in [2.75, 3.05) is 17.2 Å². The van der Waals surface area contributed by atoms with E-state index >= 15 is 0 Å². The van der Waals surface area contributed by atoms with Crippen molar-refractivity contribution in [2.24, 2.45) is 30.7 Å². The summed E-state index contributed by atoms with van der Waals surface area (Å²) in [6, 6.07) is 26.0. The second-order valence-electron chi connectivity index (χ2n) is 12.1. The van der Waals surface area contributed by atoms with Crippen molar-refractivity contribution in [3.8, 4) is 16.9 Å². The summed E-state index contributed by atoms with van der Waals surface area (Å²) in [5.41, 5.74) is 22.6. The highest BCUT2D eigenvalue weighted by Gasteiger charge is 2.29. The molecule has 6 aromatic carbocycles. The molecule has 0 fully saturated rings. The van der Waals surface area contributed by atoms with E-state index in [0.717, 1.165) is 28.8 Å². The Morgan fingerprint density at radius 2 is 1.11 bits per heavy atom. The summed E-state index contributed by atoms with van der Waals surface area (Å²) in [5.74, 6) is -0.813. The minimum absolute atomic E-state index is 0.197. The number of hydrogen-bond donors (Lipinski definition) is 8. The van der Waals surface area contributed by atoms with Crippen LogP contribution in [0.2, 0.25) is 0 Å². The Balaban J connectivity index is 1.37. The minimum atomic E-state index is -5.01.